The maximum absolute atomic E-state index is 14.0. The average Bonchev–Trinajstić information content (AvgIpc) is 3.47. The maximum atomic E-state index is 14.0. The molecule has 2 aliphatic heterocycles. The molecule has 2 aromatic heterocycles. The lowest BCUT2D eigenvalue weighted by Gasteiger charge is -2.30. The number of nitrogens with zero attached hydrogens (tertiary/aromatic N) is 3. The van der Waals surface area contributed by atoms with Gasteiger partial charge in [0.25, 0.3) is 0 Å². The third kappa shape index (κ3) is 4.70. The number of hydrogen-bond acceptors (Lipinski definition) is 8. The van der Waals surface area contributed by atoms with Gasteiger partial charge in [-0.3, -0.25) is 28.7 Å². The second-order valence-corrected chi connectivity index (χ2v) is 12.4. The van der Waals surface area contributed by atoms with Crippen LogP contribution in [0, 0.1) is 5.92 Å². The lowest BCUT2D eigenvalue weighted by atomic mass is 9.84. The number of anilines is 2. The van der Waals surface area contributed by atoms with E-state index in [0.717, 1.165) is 27.7 Å². The molecule has 9 nitrogen and oxygen atoms in total. The first-order chi connectivity index (χ1) is 20.9. The summed E-state index contributed by atoms with van der Waals surface area (Å²) in [5, 5.41) is 4.67. The van der Waals surface area contributed by atoms with Crippen LogP contribution in [0.3, 0.4) is 0 Å². The summed E-state index contributed by atoms with van der Waals surface area (Å²) < 4.78 is 6.65. The molecule has 3 aromatic carbocycles. The third-order valence-electron chi connectivity index (χ3n) is 7.76. The van der Waals surface area contributed by atoms with Crippen LogP contribution in [0.2, 0.25) is 0 Å². The van der Waals surface area contributed by atoms with E-state index in [-0.39, 0.29) is 29.1 Å². The van der Waals surface area contributed by atoms with Crippen LogP contribution in [0.25, 0.3) is 10.8 Å². The van der Waals surface area contributed by atoms with Crippen LogP contribution in [-0.4, -0.2) is 39.6 Å². The van der Waals surface area contributed by atoms with E-state index in [0.29, 0.717) is 27.0 Å². The number of ether oxygens (including phenoxy) is 1. The van der Waals surface area contributed by atoms with Gasteiger partial charge in [0, 0.05) is 28.9 Å². The Balaban J connectivity index is 1.24. The normalized spacial score (nSPS) is 19.3. The first-order valence-corrected chi connectivity index (χ1v) is 15.2. The second kappa shape index (κ2) is 10.8. The van der Waals surface area contributed by atoms with Crippen molar-refractivity contribution in [2.24, 2.45) is 5.92 Å². The number of methoxy groups -OCH3 is 1. The maximum Gasteiger partial charge on any atom is 0.308 e. The summed E-state index contributed by atoms with van der Waals surface area (Å²) in [6.45, 7) is -0.230. The van der Waals surface area contributed by atoms with Crippen LogP contribution >= 0.6 is 23.1 Å². The van der Waals surface area contributed by atoms with E-state index in [1.165, 1.54) is 21.2 Å². The van der Waals surface area contributed by atoms with Crippen molar-refractivity contribution >= 4 is 63.0 Å². The molecule has 5 aromatic rings. The molecule has 43 heavy (non-hydrogen) atoms. The zero-order valence-electron chi connectivity index (χ0n) is 22.8. The second-order valence-electron chi connectivity index (χ2n) is 10.3. The van der Waals surface area contributed by atoms with Gasteiger partial charge in [0.2, 0.25) is 17.7 Å². The van der Waals surface area contributed by atoms with Gasteiger partial charge in [0.1, 0.15) is 17.5 Å². The molecule has 1 saturated heterocycles. The molecule has 11 heteroatoms. The van der Waals surface area contributed by atoms with Crippen molar-refractivity contribution in [1.29, 1.82) is 0 Å². The molecule has 4 heterocycles. The van der Waals surface area contributed by atoms with E-state index in [1.54, 1.807) is 49.8 Å². The number of imide groups is 1. The first-order valence-electron chi connectivity index (χ1n) is 13.5. The van der Waals surface area contributed by atoms with Gasteiger partial charge >= 0.3 is 4.87 Å². The summed E-state index contributed by atoms with van der Waals surface area (Å²) in [4.78, 5) is 60.2. The van der Waals surface area contributed by atoms with E-state index >= 15 is 0 Å². The molecule has 0 radical (unpaired) electrons. The Morgan fingerprint density at radius 3 is 2.49 bits per heavy atom. The number of amides is 3. The number of rotatable bonds is 6. The number of pyridine rings is 1. The Hall–Kier alpha value is -4.74. The molecule has 3 amide bonds. The zero-order valence-corrected chi connectivity index (χ0v) is 24.4. The Morgan fingerprint density at radius 2 is 1.74 bits per heavy atom. The molecule has 0 bridgehead atoms. The van der Waals surface area contributed by atoms with E-state index in [9.17, 15) is 19.2 Å². The topological polar surface area (TPSA) is 111 Å². The highest BCUT2D eigenvalue weighted by atomic mass is 32.2. The van der Waals surface area contributed by atoms with E-state index in [1.807, 2.05) is 48.5 Å². The van der Waals surface area contributed by atoms with E-state index in [4.69, 9.17) is 4.74 Å². The van der Waals surface area contributed by atoms with Crippen LogP contribution in [0.5, 0.6) is 5.75 Å². The van der Waals surface area contributed by atoms with Gasteiger partial charge < -0.3 is 10.1 Å². The molecule has 0 unspecified atom stereocenters. The largest absolute Gasteiger partial charge is 0.497 e. The fraction of sp³-hybridized carbons (Fsp3) is 0.156. The molecule has 0 aliphatic carbocycles. The zero-order chi connectivity index (χ0) is 29.7. The van der Waals surface area contributed by atoms with E-state index in [2.05, 4.69) is 10.3 Å². The monoisotopic (exact) mass is 608 g/mol. The predicted molar refractivity (Wildman–Crippen MR) is 166 cm³/mol. The van der Waals surface area contributed by atoms with Crippen LogP contribution < -0.4 is 19.8 Å². The van der Waals surface area contributed by atoms with Gasteiger partial charge in [0.15, 0.2) is 0 Å². The number of carbonyl (C=O) groups excluding carboxylic acids is 3. The minimum absolute atomic E-state index is 0.230. The number of thioether (sulfide) groups is 1. The standard InChI is InChI=1S/C32H24N4O5S2/c1-41-23-12-10-22(11-13-23)36-29(38)26-25(20-7-4-14-33-16-20)28-31(42-27(26)30(36)39)35(32(40)43-28)17-24(37)34-21-9-8-18-5-2-3-6-19(18)15-21/h2-16,25-27H,17H2,1H3,(H,34,37)/t25-,26-,27+/m0/s1. The number of carbonyl (C=O) groups is 3. The number of benzene rings is 3. The average molecular weight is 609 g/mol. The summed E-state index contributed by atoms with van der Waals surface area (Å²) in [5.74, 6) is -1.78. The van der Waals surface area contributed by atoms with Gasteiger partial charge in [-0.2, -0.15) is 0 Å². The van der Waals surface area contributed by atoms with Crippen molar-refractivity contribution in [3.05, 3.63) is 111 Å². The minimum atomic E-state index is -0.781. The summed E-state index contributed by atoms with van der Waals surface area (Å²) in [7, 11) is 1.55. The van der Waals surface area contributed by atoms with Crippen molar-refractivity contribution in [3.8, 4) is 5.75 Å². The molecule has 3 atom stereocenters. The highest BCUT2D eigenvalue weighted by Gasteiger charge is 2.56. The first kappa shape index (κ1) is 27.1. The fourth-order valence-electron chi connectivity index (χ4n) is 5.77. The van der Waals surface area contributed by atoms with Crippen LogP contribution in [0.4, 0.5) is 11.4 Å². The van der Waals surface area contributed by atoms with Crippen molar-refractivity contribution in [3.63, 3.8) is 0 Å². The molecular formula is C32H24N4O5S2. The van der Waals surface area contributed by atoms with Gasteiger partial charge in [-0.25, -0.2) is 4.90 Å². The molecule has 1 fully saturated rings. The van der Waals surface area contributed by atoms with Gasteiger partial charge in [-0.05, 0) is 58.8 Å². The molecular weight excluding hydrogens is 585 g/mol. The molecule has 214 valence electrons. The summed E-state index contributed by atoms with van der Waals surface area (Å²) in [5.41, 5.74) is 1.80. The highest BCUT2D eigenvalue weighted by Crippen LogP contribution is 2.53. The Kier molecular flexibility index (Phi) is 6.83. The molecule has 7 rings (SSSR count). The number of fused-ring (bicyclic) bond motifs is 3. The van der Waals surface area contributed by atoms with Crippen molar-refractivity contribution in [2.75, 3.05) is 17.3 Å². The molecule has 0 saturated carbocycles. The summed E-state index contributed by atoms with van der Waals surface area (Å²) in [6.07, 6.45) is 3.30. The molecule has 0 spiro atoms. The molecule has 1 N–H and O–H groups in total. The van der Waals surface area contributed by atoms with Crippen molar-refractivity contribution in [1.82, 2.24) is 9.55 Å². The number of aromatic nitrogens is 2. The third-order valence-corrected chi connectivity index (χ3v) is 10.4. The van der Waals surface area contributed by atoms with Crippen LogP contribution in [0.15, 0.2) is 101 Å². The number of nitrogens with one attached hydrogen (secondary N) is 1. The SMILES string of the molecule is COc1ccc(N2C(=O)[C@H]3[C@H](c4cccnc4)c4sc(=O)n(CC(=O)Nc5ccc6ccccc6c5)c4S[C@H]3C2=O)cc1. The minimum Gasteiger partial charge on any atom is -0.497 e. The van der Waals surface area contributed by atoms with Crippen LogP contribution in [-0.2, 0) is 20.9 Å². The fourth-order valence-corrected chi connectivity index (χ4v) is 8.54. The Bertz CT molecular complexity index is 1950. The van der Waals surface area contributed by atoms with Gasteiger partial charge in [-0.15, -0.1) is 0 Å². The quantitative estimate of drug-likeness (QED) is 0.273. The number of thiazole rings is 1. The van der Waals surface area contributed by atoms with Gasteiger partial charge in [-0.1, -0.05) is 59.5 Å². The summed E-state index contributed by atoms with van der Waals surface area (Å²) in [6, 6.07) is 23.8. The highest BCUT2D eigenvalue weighted by molar-refractivity contribution is 8.00. The summed E-state index contributed by atoms with van der Waals surface area (Å²) >= 11 is 2.18. The number of hydrogen-bond donors (Lipinski definition) is 1. The lowest BCUT2D eigenvalue weighted by Crippen LogP contribution is -2.33. The van der Waals surface area contributed by atoms with Crippen molar-refractivity contribution < 1.29 is 19.1 Å². The Labute approximate surface area is 254 Å². The van der Waals surface area contributed by atoms with E-state index < -0.39 is 17.1 Å². The van der Waals surface area contributed by atoms with Gasteiger partial charge in [0.05, 0.1) is 23.7 Å². The predicted octanol–water partition coefficient (Wildman–Crippen LogP) is 4.90. The Morgan fingerprint density at radius 1 is 0.953 bits per heavy atom. The smallest absolute Gasteiger partial charge is 0.308 e. The van der Waals surface area contributed by atoms with Crippen LogP contribution in [0.1, 0.15) is 16.4 Å². The lowest BCUT2D eigenvalue weighted by molar-refractivity contribution is -0.122. The molecule has 2 aliphatic rings. The van der Waals surface area contributed by atoms with Crippen molar-refractivity contribution in [2.45, 2.75) is 22.7 Å².